The monoisotopic (exact) mass is 191 g/mol. The number of nitrogens with two attached hydrogens (primary N) is 1. The van der Waals surface area contributed by atoms with Gasteiger partial charge in [-0.2, -0.15) is 0 Å². The average Bonchev–Trinajstić information content (AvgIpc) is 2.30. The maximum atomic E-state index is 5.39. The molecule has 78 valence electrons. The largest absolute Gasteiger partial charge is 0.330 e. The van der Waals surface area contributed by atoms with E-state index in [1.807, 2.05) is 36.4 Å². The lowest BCUT2D eigenvalue weighted by Crippen LogP contribution is -2.11. The quantitative estimate of drug-likeness (QED) is 0.729. The van der Waals surface area contributed by atoms with Crippen molar-refractivity contribution in [3.05, 3.63) is 48.6 Å². The fraction of sp³-hybridized carbons (Fsp3) is 0.385. The third-order valence-electron chi connectivity index (χ3n) is 2.17. The van der Waals surface area contributed by atoms with Gasteiger partial charge in [-0.05, 0) is 18.9 Å². The Balaban J connectivity index is 0.000000249. The minimum absolute atomic E-state index is 0.500. The standard InChI is InChI=1S/C7H15N.C6H6/c1-4-6(2)7(3)5-8;1-2-4-6-5-3-1/h7H,2,4-5,8H2,1,3H3;1-6H. The normalized spacial score (nSPS) is 11.1. The van der Waals surface area contributed by atoms with Crippen LogP contribution in [0.4, 0.5) is 0 Å². The SMILES string of the molecule is C=C(CC)C(C)CN.c1ccccc1. The van der Waals surface area contributed by atoms with Gasteiger partial charge in [0.05, 0.1) is 0 Å². The topological polar surface area (TPSA) is 26.0 Å². The molecule has 1 unspecified atom stereocenters. The number of rotatable bonds is 3. The van der Waals surface area contributed by atoms with Crippen LogP contribution in [-0.4, -0.2) is 6.54 Å². The van der Waals surface area contributed by atoms with Gasteiger partial charge in [0.15, 0.2) is 0 Å². The zero-order chi connectivity index (χ0) is 10.8. The van der Waals surface area contributed by atoms with Gasteiger partial charge in [-0.1, -0.05) is 62.4 Å². The van der Waals surface area contributed by atoms with Gasteiger partial charge >= 0.3 is 0 Å². The van der Waals surface area contributed by atoms with Crippen molar-refractivity contribution in [2.24, 2.45) is 11.7 Å². The van der Waals surface area contributed by atoms with Crippen LogP contribution >= 0.6 is 0 Å². The Kier molecular flexibility index (Phi) is 7.86. The highest BCUT2D eigenvalue weighted by molar-refractivity contribution is 4.99. The fourth-order valence-electron chi connectivity index (χ4n) is 0.900. The molecule has 0 fully saturated rings. The molecule has 0 radical (unpaired) electrons. The molecular formula is C13H21N. The van der Waals surface area contributed by atoms with Gasteiger partial charge in [-0.15, -0.1) is 0 Å². The third kappa shape index (κ3) is 6.44. The van der Waals surface area contributed by atoms with Crippen molar-refractivity contribution < 1.29 is 0 Å². The molecule has 1 aromatic rings. The zero-order valence-corrected chi connectivity index (χ0v) is 9.24. The molecule has 0 spiro atoms. The summed E-state index contributed by atoms with van der Waals surface area (Å²) in [7, 11) is 0. The van der Waals surface area contributed by atoms with Crippen molar-refractivity contribution >= 4 is 0 Å². The zero-order valence-electron chi connectivity index (χ0n) is 9.24. The lowest BCUT2D eigenvalue weighted by molar-refractivity contribution is 0.671. The first-order valence-electron chi connectivity index (χ1n) is 5.10. The van der Waals surface area contributed by atoms with E-state index in [0.29, 0.717) is 5.92 Å². The summed E-state index contributed by atoms with van der Waals surface area (Å²) in [6, 6.07) is 12.0. The Labute approximate surface area is 87.6 Å². The summed E-state index contributed by atoms with van der Waals surface area (Å²) in [6.07, 6.45) is 1.05. The van der Waals surface area contributed by atoms with E-state index in [2.05, 4.69) is 20.4 Å². The summed E-state index contributed by atoms with van der Waals surface area (Å²) in [4.78, 5) is 0. The van der Waals surface area contributed by atoms with Gasteiger partial charge in [-0.25, -0.2) is 0 Å². The van der Waals surface area contributed by atoms with Crippen LogP contribution in [0.25, 0.3) is 0 Å². The lowest BCUT2D eigenvalue weighted by Gasteiger charge is -2.08. The maximum absolute atomic E-state index is 5.39. The van der Waals surface area contributed by atoms with Gasteiger partial charge in [0.25, 0.3) is 0 Å². The highest BCUT2D eigenvalue weighted by atomic mass is 14.5. The Morgan fingerprint density at radius 1 is 1.14 bits per heavy atom. The Bertz CT molecular complexity index is 202. The van der Waals surface area contributed by atoms with Gasteiger partial charge in [-0.3, -0.25) is 0 Å². The van der Waals surface area contributed by atoms with Crippen LogP contribution in [0.15, 0.2) is 48.6 Å². The predicted octanol–water partition coefficient (Wildman–Crippen LogP) is 3.23. The van der Waals surface area contributed by atoms with Crippen LogP contribution in [0.5, 0.6) is 0 Å². The molecule has 14 heavy (non-hydrogen) atoms. The summed E-state index contributed by atoms with van der Waals surface area (Å²) in [6.45, 7) is 8.80. The van der Waals surface area contributed by atoms with E-state index in [4.69, 9.17) is 5.73 Å². The van der Waals surface area contributed by atoms with Crippen molar-refractivity contribution in [3.8, 4) is 0 Å². The van der Waals surface area contributed by atoms with E-state index in [0.717, 1.165) is 13.0 Å². The van der Waals surface area contributed by atoms with Crippen LogP contribution in [0, 0.1) is 5.92 Å². The third-order valence-corrected chi connectivity index (χ3v) is 2.17. The van der Waals surface area contributed by atoms with Gasteiger partial charge in [0, 0.05) is 0 Å². The lowest BCUT2D eigenvalue weighted by atomic mass is 10.0. The van der Waals surface area contributed by atoms with E-state index in [1.165, 1.54) is 5.57 Å². The number of benzene rings is 1. The summed E-state index contributed by atoms with van der Waals surface area (Å²) in [5.41, 5.74) is 6.64. The molecule has 0 amide bonds. The molecule has 1 heteroatoms. The first-order valence-corrected chi connectivity index (χ1v) is 5.10. The van der Waals surface area contributed by atoms with Crippen molar-refractivity contribution in [2.75, 3.05) is 6.54 Å². The van der Waals surface area contributed by atoms with Gasteiger partial charge in [0.1, 0.15) is 0 Å². The first-order chi connectivity index (χ1) is 6.72. The number of hydrogen-bond acceptors (Lipinski definition) is 1. The Morgan fingerprint density at radius 3 is 1.64 bits per heavy atom. The Hall–Kier alpha value is -1.08. The average molecular weight is 191 g/mol. The molecule has 1 nitrogen and oxygen atoms in total. The van der Waals surface area contributed by atoms with Crippen molar-refractivity contribution in [2.45, 2.75) is 20.3 Å². The van der Waals surface area contributed by atoms with Crippen LogP contribution < -0.4 is 5.73 Å². The van der Waals surface area contributed by atoms with Crippen molar-refractivity contribution in [3.63, 3.8) is 0 Å². The van der Waals surface area contributed by atoms with E-state index in [9.17, 15) is 0 Å². The summed E-state index contributed by atoms with van der Waals surface area (Å²) < 4.78 is 0. The van der Waals surface area contributed by atoms with Crippen molar-refractivity contribution in [1.82, 2.24) is 0 Å². The molecule has 0 aliphatic rings. The summed E-state index contributed by atoms with van der Waals surface area (Å²) in [5.74, 6) is 0.500. The Morgan fingerprint density at radius 2 is 1.50 bits per heavy atom. The van der Waals surface area contributed by atoms with Crippen molar-refractivity contribution in [1.29, 1.82) is 0 Å². The van der Waals surface area contributed by atoms with Crippen LogP contribution in [0.3, 0.4) is 0 Å². The number of hydrogen-bond donors (Lipinski definition) is 1. The fourth-order valence-corrected chi connectivity index (χ4v) is 0.900. The highest BCUT2D eigenvalue weighted by Gasteiger charge is 1.99. The van der Waals surface area contributed by atoms with Crippen LogP contribution in [-0.2, 0) is 0 Å². The summed E-state index contributed by atoms with van der Waals surface area (Å²) >= 11 is 0. The van der Waals surface area contributed by atoms with Gasteiger partial charge < -0.3 is 5.73 Å². The molecule has 0 bridgehead atoms. The van der Waals surface area contributed by atoms with E-state index in [-0.39, 0.29) is 0 Å². The second kappa shape index (κ2) is 8.52. The molecule has 1 rings (SSSR count). The highest BCUT2D eigenvalue weighted by Crippen LogP contribution is 2.08. The van der Waals surface area contributed by atoms with Crippen LogP contribution in [0.1, 0.15) is 20.3 Å². The van der Waals surface area contributed by atoms with E-state index >= 15 is 0 Å². The molecule has 1 atom stereocenters. The molecular weight excluding hydrogens is 170 g/mol. The van der Waals surface area contributed by atoms with Gasteiger partial charge in [0.2, 0.25) is 0 Å². The second-order valence-corrected chi connectivity index (χ2v) is 3.30. The molecule has 0 heterocycles. The minimum atomic E-state index is 0.500. The molecule has 0 saturated carbocycles. The smallest absolute Gasteiger partial charge is 0.00143 e. The summed E-state index contributed by atoms with van der Waals surface area (Å²) in [5, 5.41) is 0. The molecule has 0 aliphatic heterocycles. The molecule has 0 aliphatic carbocycles. The molecule has 2 N–H and O–H groups in total. The minimum Gasteiger partial charge on any atom is -0.330 e. The van der Waals surface area contributed by atoms with E-state index < -0.39 is 0 Å². The molecule has 0 saturated heterocycles. The second-order valence-electron chi connectivity index (χ2n) is 3.30. The maximum Gasteiger partial charge on any atom is -0.00143 e. The molecule has 0 aromatic heterocycles. The van der Waals surface area contributed by atoms with Crippen LogP contribution in [0.2, 0.25) is 0 Å². The predicted molar refractivity (Wildman–Crippen MR) is 64.1 cm³/mol. The van der Waals surface area contributed by atoms with E-state index in [1.54, 1.807) is 0 Å². The molecule has 1 aromatic carbocycles. The first kappa shape index (κ1) is 12.9.